The Balaban J connectivity index is 2.82. The number of imidazole rings is 1. The van der Waals surface area contributed by atoms with Gasteiger partial charge in [0.05, 0.1) is 6.33 Å². The molecule has 0 unspecified atom stereocenters. The third-order valence-corrected chi connectivity index (χ3v) is 2.29. The summed E-state index contributed by atoms with van der Waals surface area (Å²) in [5, 5.41) is 0. The summed E-state index contributed by atoms with van der Waals surface area (Å²) in [5.74, 6) is -9.31. The predicted molar refractivity (Wildman–Crippen MR) is 48.4 cm³/mol. The molecule has 1 aromatic heterocycles. The van der Waals surface area contributed by atoms with Gasteiger partial charge in [0, 0.05) is 12.4 Å². The van der Waals surface area contributed by atoms with Crippen LogP contribution in [0, 0.1) is 23.3 Å². The van der Waals surface area contributed by atoms with Gasteiger partial charge in [-0.2, -0.15) is 13.2 Å². The standard InChI is InChI=1S/C10H3F7N2/c11-5-4(10(15,16)17)6(12)8(14)9(7(5)13)19-2-1-18-3-19/h1-3H. The molecular weight excluding hydrogens is 281 g/mol. The predicted octanol–water partition coefficient (Wildman–Crippen LogP) is 3.45. The highest BCUT2D eigenvalue weighted by atomic mass is 19.4. The van der Waals surface area contributed by atoms with Crippen LogP contribution >= 0.6 is 0 Å². The number of rotatable bonds is 1. The van der Waals surface area contributed by atoms with Crippen LogP contribution in [0.4, 0.5) is 30.7 Å². The highest BCUT2D eigenvalue weighted by Gasteiger charge is 2.42. The van der Waals surface area contributed by atoms with E-state index in [1.54, 1.807) is 0 Å². The number of hydrogen-bond donors (Lipinski definition) is 0. The van der Waals surface area contributed by atoms with E-state index in [2.05, 4.69) is 4.98 Å². The first-order chi connectivity index (χ1) is 8.75. The van der Waals surface area contributed by atoms with Crippen molar-refractivity contribution in [1.29, 1.82) is 0 Å². The van der Waals surface area contributed by atoms with Gasteiger partial charge >= 0.3 is 6.18 Å². The summed E-state index contributed by atoms with van der Waals surface area (Å²) in [6, 6.07) is 0. The second-order valence-corrected chi connectivity index (χ2v) is 3.45. The zero-order chi connectivity index (χ0) is 14.4. The fraction of sp³-hybridized carbons (Fsp3) is 0.100. The monoisotopic (exact) mass is 284 g/mol. The number of aromatic nitrogens is 2. The smallest absolute Gasteiger partial charge is 0.301 e. The maximum Gasteiger partial charge on any atom is 0.422 e. The summed E-state index contributed by atoms with van der Waals surface area (Å²) >= 11 is 0. The van der Waals surface area contributed by atoms with Crippen LogP contribution in [0.3, 0.4) is 0 Å². The third kappa shape index (κ3) is 2.04. The second kappa shape index (κ2) is 4.25. The first-order valence-electron chi connectivity index (χ1n) is 4.66. The molecule has 0 aliphatic rings. The lowest BCUT2D eigenvalue weighted by molar-refractivity contribution is -0.143. The molecule has 0 saturated heterocycles. The summed E-state index contributed by atoms with van der Waals surface area (Å²) in [7, 11) is 0. The van der Waals surface area contributed by atoms with Crippen LogP contribution in [-0.4, -0.2) is 9.55 Å². The maximum atomic E-state index is 13.5. The van der Waals surface area contributed by atoms with Gasteiger partial charge in [-0.25, -0.2) is 22.5 Å². The normalized spacial score (nSPS) is 11.9. The van der Waals surface area contributed by atoms with Crippen molar-refractivity contribution >= 4 is 0 Å². The maximum absolute atomic E-state index is 13.5. The van der Waals surface area contributed by atoms with Gasteiger partial charge in [0.25, 0.3) is 0 Å². The molecule has 0 aliphatic heterocycles. The zero-order valence-corrected chi connectivity index (χ0v) is 8.77. The molecule has 2 nitrogen and oxygen atoms in total. The highest BCUT2D eigenvalue weighted by molar-refractivity contribution is 5.41. The van der Waals surface area contributed by atoms with Gasteiger partial charge < -0.3 is 4.57 Å². The largest absolute Gasteiger partial charge is 0.422 e. The summed E-state index contributed by atoms with van der Waals surface area (Å²) in [6.45, 7) is 0. The van der Waals surface area contributed by atoms with Crippen molar-refractivity contribution < 1.29 is 30.7 Å². The summed E-state index contributed by atoms with van der Waals surface area (Å²) < 4.78 is 90.9. The molecule has 0 atom stereocenters. The minimum Gasteiger partial charge on any atom is -0.301 e. The molecule has 1 aromatic carbocycles. The van der Waals surface area contributed by atoms with Crippen LogP contribution in [-0.2, 0) is 6.18 Å². The molecule has 0 saturated carbocycles. The summed E-state index contributed by atoms with van der Waals surface area (Å²) in [5.41, 5.74) is -3.91. The average Bonchev–Trinajstić information content (AvgIpc) is 2.79. The van der Waals surface area contributed by atoms with E-state index in [0.717, 1.165) is 18.7 Å². The lowest BCUT2D eigenvalue weighted by atomic mass is 10.1. The van der Waals surface area contributed by atoms with E-state index >= 15 is 0 Å². The van der Waals surface area contributed by atoms with Crippen LogP contribution < -0.4 is 0 Å². The molecule has 0 aliphatic carbocycles. The molecule has 1 heterocycles. The van der Waals surface area contributed by atoms with E-state index in [4.69, 9.17) is 0 Å². The Morgan fingerprint density at radius 2 is 1.42 bits per heavy atom. The van der Waals surface area contributed by atoms with E-state index in [0.29, 0.717) is 4.57 Å². The van der Waals surface area contributed by atoms with Gasteiger partial charge in [0.1, 0.15) is 11.3 Å². The number of halogens is 7. The van der Waals surface area contributed by atoms with Gasteiger partial charge in [-0.05, 0) is 0 Å². The van der Waals surface area contributed by atoms with Crippen LogP contribution in [0.2, 0.25) is 0 Å². The van der Waals surface area contributed by atoms with Gasteiger partial charge in [0.15, 0.2) is 23.3 Å². The Morgan fingerprint density at radius 3 is 1.79 bits per heavy atom. The first-order valence-corrected chi connectivity index (χ1v) is 4.66. The van der Waals surface area contributed by atoms with Crippen molar-refractivity contribution in [2.75, 3.05) is 0 Å². The molecule has 0 radical (unpaired) electrons. The number of nitrogens with zero attached hydrogens (tertiary/aromatic N) is 2. The molecular formula is C10H3F7N2. The van der Waals surface area contributed by atoms with Crippen molar-refractivity contribution in [3.63, 3.8) is 0 Å². The first kappa shape index (κ1) is 13.4. The minimum atomic E-state index is -5.55. The molecule has 102 valence electrons. The van der Waals surface area contributed by atoms with E-state index in [1.165, 1.54) is 0 Å². The number of alkyl halides is 3. The van der Waals surface area contributed by atoms with E-state index in [-0.39, 0.29) is 0 Å². The molecule has 19 heavy (non-hydrogen) atoms. The van der Waals surface area contributed by atoms with Gasteiger partial charge in [-0.1, -0.05) is 0 Å². The van der Waals surface area contributed by atoms with Crippen molar-refractivity contribution in [3.8, 4) is 5.69 Å². The van der Waals surface area contributed by atoms with Crippen molar-refractivity contribution in [3.05, 3.63) is 47.6 Å². The molecule has 0 fully saturated rings. The van der Waals surface area contributed by atoms with Crippen LogP contribution in [0.15, 0.2) is 18.7 Å². The zero-order valence-electron chi connectivity index (χ0n) is 8.77. The minimum absolute atomic E-state index is 0.525. The fourth-order valence-corrected chi connectivity index (χ4v) is 1.49. The fourth-order valence-electron chi connectivity index (χ4n) is 1.49. The molecule has 9 heteroatoms. The van der Waals surface area contributed by atoms with Crippen molar-refractivity contribution in [2.24, 2.45) is 0 Å². The number of hydrogen-bond acceptors (Lipinski definition) is 1. The Hall–Kier alpha value is -2.06. The van der Waals surface area contributed by atoms with Crippen LogP contribution in [0.25, 0.3) is 5.69 Å². The van der Waals surface area contributed by atoms with Crippen LogP contribution in [0.1, 0.15) is 5.56 Å². The molecule has 0 spiro atoms. The lowest BCUT2D eigenvalue weighted by Crippen LogP contribution is -2.17. The Labute approximate surface area is 101 Å². The van der Waals surface area contributed by atoms with E-state index in [1.807, 2.05) is 0 Å². The highest BCUT2D eigenvalue weighted by Crippen LogP contribution is 2.37. The lowest BCUT2D eigenvalue weighted by Gasteiger charge is -2.14. The van der Waals surface area contributed by atoms with Gasteiger partial charge in [0.2, 0.25) is 0 Å². The quantitative estimate of drug-likeness (QED) is 0.579. The summed E-state index contributed by atoms with van der Waals surface area (Å²) in [6.07, 6.45) is -2.81. The molecule has 0 bridgehead atoms. The second-order valence-electron chi connectivity index (χ2n) is 3.45. The third-order valence-electron chi connectivity index (χ3n) is 2.29. The molecule has 0 N–H and O–H groups in total. The molecule has 2 aromatic rings. The van der Waals surface area contributed by atoms with E-state index < -0.39 is 40.7 Å². The summed E-state index contributed by atoms with van der Waals surface area (Å²) in [4.78, 5) is 3.37. The van der Waals surface area contributed by atoms with Gasteiger partial charge in [-0.15, -0.1) is 0 Å². The van der Waals surface area contributed by atoms with Crippen molar-refractivity contribution in [1.82, 2.24) is 9.55 Å². The topological polar surface area (TPSA) is 17.8 Å². The molecule has 2 rings (SSSR count). The number of benzene rings is 1. The van der Waals surface area contributed by atoms with Gasteiger partial charge in [-0.3, -0.25) is 0 Å². The SMILES string of the molecule is Fc1c(F)c(C(F)(F)F)c(F)c(F)c1-n1ccnc1. The Morgan fingerprint density at radius 1 is 0.895 bits per heavy atom. The van der Waals surface area contributed by atoms with E-state index in [9.17, 15) is 30.7 Å². The average molecular weight is 284 g/mol. The Bertz CT molecular complexity index is 587. The molecule has 0 amide bonds. The van der Waals surface area contributed by atoms with Crippen molar-refractivity contribution in [2.45, 2.75) is 6.18 Å². The Kier molecular flexibility index (Phi) is 2.99. The van der Waals surface area contributed by atoms with Crippen LogP contribution in [0.5, 0.6) is 0 Å².